The van der Waals surface area contributed by atoms with Crippen molar-refractivity contribution < 1.29 is 9.90 Å². The number of piperidine rings is 1. The number of para-hydroxylation sites is 1. The van der Waals surface area contributed by atoms with Crippen molar-refractivity contribution >= 4 is 5.91 Å². The first-order valence-electron chi connectivity index (χ1n) is 8.57. The van der Waals surface area contributed by atoms with Gasteiger partial charge in [-0.2, -0.15) is 0 Å². The van der Waals surface area contributed by atoms with E-state index in [-0.39, 0.29) is 11.7 Å². The Morgan fingerprint density at radius 2 is 1.92 bits per heavy atom. The minimum absolute atomic E-state index is 0.0382. The molecule has 1 aromatic heterocycles. The van der Waals surface area contributed by atoms with Crippen LogP contribution >= 0.6 is 0 Å². The van der Waals surface area contributed by atoms with Crippen molar-refractivity contribution in [1.82, 2.24) is 24.6 Å². The highest BCUT2D eigenvalue weighted by atomic mass is 16.3. The third-order valence-corrected chi connectivity index (χ3v) is 4.74. The molecule has 2 heterocycles. The van der Waals surface area contributed by atoms with Gasteiger partial charge in [0.2, 0.25) is 0 Å². The standard InChI is InChI=1S/C18H25N5O2/c1-21(2)12-16-19-20-17(22(16)3)13-8-10-23(11-9-13)18(25)14-6-4-5-7-15(14)24/h4-7,13,24H,8-12H2,1-3H3. The second-order valence-electron chi connectivity index (χ2n) is 6.85. The molecule has 3 rings (SSSR count). The molecule has 1 amide bonds. The van der Waals surface area contributed by atoms with E-state index < -0.39 is 0 Å². The third kappa shape index (κ3) is 3.66. The quantitative estimate of drug-likeness (QED) is 0.913. The number of hydrogen-bond acceptors (Lipinski definition) is 5. The highest BCUT2D eigenvalue weighted by Crippen LogP contribution is 2.28. The molecule has 25 heavy (non-hydrogen) atoms. The van der Waals surface area contributed by atoms with Gasteiger partial charge in [0.15, 0.2) is 0 Å². The first-order valence-corrected chi connectivity index (χ1v) is 8.57. The van der Waals surface area contributed by atoms with Crippen LogP contribution < -0.4 is 0 Å². The predicted octanol–water partition coefficient (Wildman–Crippen LogP) is 1.60. The molecule has 7 heteroatoms. The number of aromatic nitrogens is 3. The number of carbonyl (C=O) groups excluding carboxylic acids is 1. The minimum Gasteiger partial charge on any atom is -0.507 e. The van der Waals surface area contributed by atoms with E-state index in [2.05, 4.69) is 19.7 Å². The van der Waals surface area contributed by atoms with E-state index in [0.29, 0.717) is 24.6 Å². The molecule has 1 N–H and O–H groups in total. The number of benzene rings is 1. The molecule has 7 nitrogen and oxygen atoms in total. The zero-order chi connectivity index (χ0) is 18.0. The summed E-state index contributed by atoms with van der Waals surface area (Å²) >= 11 is 0. The summed E-state index contributed by atoms with van der Waals surface area (Å²) in [6, 6.07) is 6.70. The van der Waals surface area contributed by atoms with Crippen molar-refractivity contribution in [3.63, 3.8) is 0 Å². The molecular formula is C18H25N5O2. The highest BCUT2D eigenvalue weighted by Gasteiger charge is 2.28. The van der Waals surface area contributed by atoms with E-state index in [9.17, 15) is 9.90 Å². The SMILES string of the molecule is CN(C)Cc1nnc(C2CCN(C(=O)c3ccccc3O)CC2)n1C. The number of phenols is 1. The first-order chi connectivity index (χ1) is 12.0. The summed E-state index contributed by atoms with van der Waals surface area (Å²) in [5.74, 6) is 2.18. The van der Waals surface area contributed by atoms with Crippen LogP contribution in [0.25, 0.3) is 0 Å². The second kappa shape index (κ2) is 7.23. The molecule has 2 aromatic rings. The van der Waals surface area contributed by atoms with Gasteiger partial charge in [-0.1, -0.05) is 12.1 Å². The maximum absolute atomic E-state index is 12.6. The number of hydrogen-bond donors (Lipinski definition) is 1. The largest absolute Gasteiger partial charge is 0.507 e. The first kappa shape index (κ1) is 17.4. The van der Waals surface area contributed by atoms with E-state index in [0.717, 1.165) is 31.0 Å². The van der Waals surface area contributed by atoms with E-state index >= 15 is 0 Å². The van der Waals surface area contributed by atoms with Crippen LogP contribution in [0.2, 0.25) is 0 Å². The van der Waals surface area contributed by atoms with Gasteiger partial charge in [0, 0.05) is 26.1 Å². The van der Waals surface area contributed by atoms with Crippen LogP contribution in [0, 0.1) is 0 Å². The van der Waals surface area contributed by atoms with Crippen LogP contribution in [0.4, 0.5) is 0 Å². The minimum atomic E-state index is -0.109. The van der Waals surface area contributed by atoms with Gasteiger partial charge < -0.3 is 19.5 Å². The molecule has 1 saturated heterocycles. The fourth-order valence-corrected chi connectivity index (χ4v) is 3.32. The van der Waals surface area contributed by atoms with Crippen LogP contribution in [-0.4, -0.2) is 62.8 Å². The van der Waals surface area contributed by atoms with Gasteiger partial charge in [0.1, 0.15) is 17.4 Å². The lowest BCUT2D eigenvalue weighted by Gasteiger charge is -2.31. The third-order valence-electron chi connectivity index (χ3n) is 4.74. The number of phenolic OH excluding ortho intramolecular Hbond substituents is 1. The summed E-state index contributed by atoms with van der Waals surface area (Å²) in [5, 5.41) is 18.6. The van der Waals surface area contributed by atoms with Gasteiger partial charge in [-0.3, -0.25) is 4.79 Å². The van der Waals surface area contributed by atoms with E-state index in [1.165, 1.54) is 0 Å². The van der Waals surface area contributed by atoms with Crippen molar-refractivity contribution in [1.29, 1.82) is 0 Å². The molecule has 0 spiro atoms. The number of likely N-dealkylation sites (tertiary alicyclic amines) is 1. The lowest BCUT2D eigenvalue weighted by Crippen LogP contribution is -2.38. The van der Waals surface area contributed by atoms with Crippen LogP contribution in [0.15, 0.2) is 24.3 Å². The molecule has 0 aliphatic carbocycles. The Morgan fingerprint density at radius 1 is 1.24 bits per heavy atom. The molecule has 0 radical (unpaired) electrons. The average Bonchev–Trinajstić information content (AvgIpc) is 2.95. The van der Waals surface area contributed by atoms with Gasteiger partial charge in [-0.25, -0.2) is 0 Å². The van der Waals surface area contributed by atoms with Gasteiger partial charge in [-0.15, -0.1) is 10.2 Å². The van der Waals surface area contributed by atoms with Crippen LogP contribution in [-0.2, 0) is 13.6 Å². The molecule has 1 aliphatic heterocycles. The normalized spacial score (nSPS) is 15.8. The highest BCUT2D eigenvalue weighted by molar-refractivity contribution is 5.96. The molecule has 0 atom stereocenters. The zero-order valence-corrected chi connectivity index (χ0v) is 15.0. The summed E-state index contributed by atoms with van der Waals surface area (Å²) in [4.78, 5) is 16.5. The van der Waals surface area contributed by atoms with Gasteiger partial charge >= 0.3 is 0 Å². The lowest BCUT2D eigenvalue weighted by atomic mass is 9.95. The fraction of sp³-hybridized carbons (Fsp3) is 0.500. The number of nitrogens with zero attached hydrogens (tertiary/aromatic N) is 5. The molecule has 1 fully saturated rings. The number of aromatic hydroxyl groups is 1. The Balaban J connectivity index is 1.65. The summed E-state index contributed by atoms with van der Waals surface area (Å²) in [5.41, 5.74) is 0.368. The molecule has 0 bridgehead atoms. The van der Waals surface area contributed by atoms with Crippen LogP contribution in [0.5, 0.6) is 5.75 Å². The maximum Gasteiger partial charge on any atom is 0.257 e. The Kier molecular flexibility index (Phi) is 5.03. The van der Waals surface area contributed by atoms with E-state index in [4.69, 9.17) is 0 Å². The summed E-state index contributed by atoms with van der Waals surface area (Å²) in [6.07, 6.45) is 1.71. The van der Waals surface area contributed by atoms with Gasteiger partial charge in [0.05, 0.1) is 12.1 Å². The number of carbonyl (C=O) groups is 1. The number of amides is 1. The molecular weight excluding hydrogens is 318 g/mol. The Morgan fingerprint density at radius 3 is 2.56 bits per heavy atom. The lowest BCUT2D eigenvalue weighted by molar-refractivity contribution is 0.0707. The van der Waals surface area contributed by atoms with Crippen molar-refractivity contribution in [2.45, 2.75) is 25.3 Å². The second-order valence-corrected chi connectivity index (χ2v) is 6.85. The Bertz CT molecular complexity index is 748. The predicted molar refractivity (Wildman–Crippen MR) is 94.4 cm³/mol. The van der Waals surface area contributed by atoms with Gasteiger partial charge in [0.25, 0.3) is 5.91 Å². The molecule has 0 unspecified atom stereocenters. The fourth-order valence-electron chi connectivity index (χ4n) is 3.32. The monoisotopic (exact) mass is 343 g/mol. The van der Waals surface area contributed by atoms with Crippen molar-refractivity contribution in [2.24, 2.45) is 7.05 Å². The molecule has 134 valence electrons. The van der Waals surface area contributed by atoms with Crippen molar-refractivity contribution in [3.05, 3.63) is 41.5 Å². The summed E-state index contributed by atoms with van der Waals surface area (Å²) in [7, 11) is 6.03. The molecule has 0 saturated carbocycles. The van der Waals surface area contributed by atoms with E-state index in [1.54, 1.807) is 24.3 Å². The Labute approximate surface area is 147 Å². The summed E-state index contributed by atoms with van der Waals surface area (Å²) in [6.45, 7) is 2.08. The average molecular weight is 343 g/mol. The smallest absolute Gasteiger partial charge is 0.257 e. The van der Waals surface area contributed by atoms with Gasteiger partial charge in [-0.05, 0) is 39.1 Å². The van der Waals surface area contributed by atoms with Crippen molar-refractivity contribution in [2.75, 3.05) is 27.2 Å². The number of rotatable bonds is 4. The Hall–Kier alpha value is -2.41. The van der Waals surface area contributed by atoms with Crippen LogP contribution in [0.1, 0.15) is 40.8 Å². The zero-order valence-electron chi connectivity index (χ0n) is 15.0. The molecule has 1 aliphatic rings. The summed E-state index contributed by atoms with van der Waals surface area (Å²) < 4.78 is 2.07. The topological polar surface area (TPSA) is 74.5 Å². The maximum atomic E-state index is 12.6. The van der Waals surface area contributed by atoms with Crippen molar-refractivity contribution in [3.8, 4) is 5.75 Å². The van der Waals surface area contributed by atoms with Crippen LogP contribution in [0.3, 0.4) is 0 Å². The van der Waals surface area contributed by atoms with E-state index in [1.807, 2.05) is 26.0 Å². The molecule has 1 aromatic carbocycles.